The summed E-state index contributed by atoms with van der Waals surface area (Å²) in [5, 5.41) is 3.51. The van der Waals surface area contributed by atoms with E-state index < -0.39 is 0 Å². The van der Waals surface area contributed by atoms with E-state index in [9.17, 15) is 0 Å². The summed E-state index contributed by atoms with van der Waals surface area (Å²) in [7, 11) is 0. The van der Waals surface area contributed by atoms with E-state index in [2.05, 4.69) is 60.5 Å². The van der Waals surface area contributed by atoms with Crippen LogP contribution in [0.1, 0.15) is 24.5 Å². The zero-order valence-electron chi connectivity index (χ0n) is 12.9. The van der Waals surface area contributed by atoms with Gasteiger partial charge in [0.1, 0.15) is 0 Å². The van der Waals surface area contributed by atoms with Crippen molar-refractivity contribution in [2.24, 2.45) is 0 Å². The van der Waals surface area contributed by atoms with Crippen LogP contribution in [0.4, 0.5) is 5.95 Å². The van der Waals surface area contributed by atoms with Crippen LogP contribution in [-0.4, -0.2) is 35.2 Å². The Morgan fingerprint density at radius 3 is 2.82 bits per heavy atom. The van der Waals surface area contributed by atoms with Gasteiger partial charge in [0.25, 0.3) is 0 Å². The number of hydrogen-bond acceptors (Lipinski definition) is 3. The van der Waals surface area contributed by atoms with Crippen molar-refractivity contribution >= 4 is 48.8 Å². The number of nitrogens with zero attached hydrogens (tertiary/aromatic N) is 3. The highest BCUT2D eigenvalue weighted by Crippen LogP contribution is 2.41. The van der Waals surface area contributed by atoms with Gasteiger partial charge in [0.2, 0.25) is 5.95 Å². The third kappa shape index (κ3) is 2.14. The van der Waals surface area contributed by atoms with Gasteiger partial charge in [-0.2, -0.15) is 0 Å². The summed E-state index contributed by atoms with van der Waals surface area (Å²) in [5.41, 5.74) is 5.13. The van der Waals surface area contributed by atoms with Crippen molar-refractivity contribution < 1.29 is 0 Å². The van der Waals surface area contributed by atoms with Gasteiger partial charge < -0.3 is 14.8 Å². The molecule has 1 atom stereocenters. The zero-order valence-corrected chi connectivity index (χ0v) is 16.1. The van der Waals surface area contributed by atoms with E-state index in [-0.39, 0.29) is 0 Å². The molecule has 0 amide bonds. The lowest BCUT2D eigenvalue weighted by Gasteiger charge is -2.33. The van der Waals surface area contributed by atoms with E-state index >= 15 is 0 Å². The maximum Gasteiger partial charge on any atom is 0.206 e. The molecule has 118 valence electrons. The first kappa shape index (κ1) is 15.0. The summed E-state index contributed by atoms with van der Waals surface area (Å²) >= 11 is 7.52. The van der Waals surface area contributed by atoms with Crippen molar-refractivity contribution in [3.05, 3.63) is 20.1 Å². The number of hydrogen-bond donors (Lipinski definition) is 1. The van der Waals surface area contributed by atoms with Gasteiger partial charge in [-0.05, 0) is 69.7 Å². The van der Waals surface area contributed by atoms with Crippen LogP contribution in [0.2, 0.25) is 0 Å². The number of piperazine rings is 1. The molecule has 1 aromatic carbocycles. The van der Waals surface area contributed by atoms with Crippen LogP contribution in [0.15, 0.2) is 8.95 Å². The lowest BCUT2D eigenvalue weighted by molar-refractivity contribution is 0.472. The molecule has 2 aliphatic rings. The summed E-state index contributed by atoms with van der Waals surface area (Å²) in [6.45, 7) is 8.57. The third-order valence-corrected chi connectivity index (χ3v) is 7.23. The van der Waals surface area contributed by atoms with Gasteiger partial charge >= 0.3 is 0 Å². The van der Waals surface area contributed by atoms with Crippen molar-refractivity contribution in [2.45, 2.75) is 39.3 Å². The predicted octanol–water partition coefficient (Wildman–Crippen LogP) is 3.61. The number of aryl methyl sites for hydroxylation is 3. The largest absolute Gasteiger partial charge is 0.339 e. The molecule has 0 spiro atoms. The Kier molecular flexibility index (Phi) is 3.74. The Bertz CT molecular complexity index is 753. The van der Waals surface area contributed by atoms with Crippen LogP contribution in [0.5, 0.6) is 0 Å². The number of anilines is 1. The molecule has 2 aromatic rings. The minimum atomic E-state index is 0.518. The van der Waals surface area contributed by atoms with Gasteiger partial charge in [0.15, 0.2) is 0 Å². The van der Waals surface area contributed by atoms with Gasteiger partial charge in [0.05, 0.1) is 11.0 Å². The second kappa shape index (κ2) is 5.49. The first-order chi connectivity index (χ1) is 10.6. The molecule has 0 bridgehead atoms. The lowest BCUT2D eigenvalue weighted by Crippen LogP contribution is -2.50. The van der Waals surface area contributed by atoms with Crippen LogP contribution < -0.4 is 10.2 Å². The molecule has 6 heteroatoms. The number of aromatic nitrogens is 2. The van der Waals surface area contributed by atoms with Crippen molar-refractivity contribution in [1.29, 1.82) is 0 Å². The van der Waals surface area contributed by atoms with Crippen molar-refractivity contribution in [1.82, 2.24) is 14.9 Å². The molecule has 0 saturated carbocycles. The molecule has 0 aliphatic carbocycles. The Labute approximate surface area is 147 Å². The van der Waals surface area contributed by atoms with E-state index in [1.54, 1.807) is 0 Å². The van der Waals surface area contributed by atoms with Gasteiger partial charge in [0, 0.05) is 41.2 Å². The van der Waals surface area contributed by atoms with Crippen molar-refractivity contribution in [3.63, 3.8) is 0 Å². The maximum absolute atomic E-state index is 5.05. The summed E-state index contributed by atoms with van der Waals surface area (Å²) in [6, 6.07) is 0.518. The molecule has 3 heterocycles. The molecule has 1 fully saturated rings. The van der Waals surface area contributed by atoms with Gasteiger partial charge in [-0.1, -0.05) is 0 Å². The smallest absolute Gasteiger partial charge is 0.206 e. The quantitative estimate of drug-likeness (QED) is 0.754. The van der Waals surface area contributed by atoms with Gasteiger partial charge in [-0.25, -0.2) is 4.98 Å². The lowest BCUT2D eigenvalue weighted by atomic mass is 10.0. The summed E-state index contributed by atoms with van der Waals surface area (Å²) in [4.78, 5) is 7.50. The summed E-state index contributed by atoms with van der Waals surface area (Å²) in [5.74, 6) is 1.15. The second-order valence-corrected chi connectivity index (χ2v) is 7.98. The van der Waals surface area contributed by atoms with Gasteiger partial charge in [-0.15, -0.1) is 0 Å². The van der Waals surface area contributed by atoms with Crippen LogP contribution in [0.3, 0.4) is 0 Å². The molecule has 22 heavy (non-hydrogen) atoms. The molecule has 1 saturated heterocycles. The minimum Gasteiger partial charge on any atom is -0.339 e. The predicted molar refractivity (Wildman–Crippen MR) is 97.9 cm³/mol. The zero-order chi connectivity index (χ0) is 15.4. The molecule has 1 N–H and O–H groups in total. The molecule has 4 nitrogen and oxygen atoms in total. The van der Waals surface area contributed by atoms with Crippen LogP contribution >= 0.6 is 31.9 Å². The van der Waals surface area contributed by atoms with Crippen molar-refractivity contribution in [2.75, 3.05) is 24.5 Å². The summed E-state index contributed by atoms with van der Waals surface area (Å²) < 4.78 is 4.80. The number of nitrogens with one attached hydrogen (secondary N) is 1. The average molecular weight is 428 g/mol. The topological polar surface area (TPSA) is 33.1 Å². The molecule has 4 rings (SSSR count). The fourth-order valence-corrected chi connectivity index (χ4v) is 4.83. The normalized spacial score (nSPS) is 21.6. The molecular formula is C16H20Br2N4. The standard InChI is InChI=1S/C16H20Br2N4/c1-9-8-21(7-5-19-9)16-20-14-10(2)12(17)13(18)11-4-3-6-22(16)15(11)14/h9,19H,3-8H2,1-2H3. The number of benzene rings is 1. The number of rotatable bonds is 1. The molecule has 1 aromatic heterocycles. The highest BCUT2D eigenvalue weighted by molar-refractivity contribution is 9.13. The monoisotopic (exact) mass is 426 g/mol. The number of imidazole rings is 1. The number of halogens is 2. The van der Waals surface area contributed by atoms with Crippen LogP contribution in [0.25, 0.3) is 11.0 Å². The Morgan fingerprint density at radius 1 is 1.23 bits per heavy atom. The maximum atomic E-state index is 5.05. The Balaban J connectivity index is 1.95. The van der Waals surface area contributed by atoms with Gasteiger partial charge in [-0.3, -0.25) is 0 Å². The van der Waals surface area contributed by atoms with E-state index in [0.29, 0.717) is 6.04 Å². The molecule has 2 aliphatic heterocycles. The Hall–Kier alpha value is -0.590. The SMILES string of the molecule is Cc1c(Br)c(Br)c2c3c1nc(N1CCNC(C)C1)n3CCC2. The van der Waals surface area contributed by atoms with E-state index in [4.69, 9.17) is 4.98 Å². The first-order valence-electron chi connectivity index (χ1n) is 7.93. The fourth-order valence-electron chi connectivity index (χ4n) is 3.72. The first-order valence-corrected chi connectivity index (χ1v) is 9.51. The second-order valence-electron chi connectivity index (χ2n) is 6.40. The van der Waals surface area contributed by atoms with E-state index in [0.717, 1.165) is 48.5 Å². The van der Waals surface area contributed by atoms with Crippen molar-refractivity contribution in [3.8, 4) is 0 Å². The fraction of sp³-hybridized carbons (Fsp3) is 0.562. The van der Waals surface area contributed by atoms with Crippen LogP contribution in [-0.2, 0) is 13.0 Å². The Morgan fingerprint density at radius 2 is 2.05 bits per heavy atom. The highest BCUT2D eigenvalue weighted by atomic mass is 79.9. The highest BCUT2D eigenvalue weighted by Gasteiger charge is 2.27. The molecular weight excluding hydrogens is 408 g/mol. The van der Waals surface area contributed by atoms with Crippen LogP contribution in [0, 0.1) is 6.92 Å². The summed E-state index contributed by atoms with van der Waals surface area (Å²) in [6.07, 6.45) is 2.31. The third-order valence-electron chi connectivity index (χ3n) is 4.84. The molecule has 1 unspecified atom stereocenters. The van der Waals surface area contributed by atoms with E-state index in [1.165, 1.54) is 27.5 Å². The van der Waals surface area contributed by atoms with E-state index in [1.807, 2.05) is 0 Å². The molecule has 0 radical (unpaired) electrons. The average Bonchev–Trinajstić information content (AvgIpc) is 2.91. The minimum absolute atomic E-state index is 0.518.